The molecule has 0 amide bonds. The predicted octanol–water partition coefficient (Wildman–Crippen LogP) is 4.79. The Labute approximate surface area is 99.3 Å². The summed E-state index contributed by atoms with van der Waals surface area (Å²) >= 11 is 0. The maximum Gasteiger partial charge on any atom is 0.257 e. The first kappa shape index (κ1) is 12.8. The summed E-state index contributed by atoms with van der Waals surface area (Å²) in [5.41, 5.74) is 1.02. The summed E-state index contributed by atoms with van der Waals surface area (Å²) in [5, 5.41) is 0. The minimum atomic E-state index is -0.195. The number of nitrogens with zero attached hydrogens (tertiary/aromatic N) is 1. The van der Waals surface area contributed by atoms with Crippen molar-refractivity contribution >= 4 is 0 Å². The van der Waals surface area contributed by atoms with Gasteiger partial charge in [-0.1, -0.05) is 50.6 Å². The third kappa shape index (κ3) is 2.64. The van der Waals surface area contributed by atoms with E-state index in [2.05, 4.69) is 17.0 Å². The van der Waals surface area contributed by atoms with E-state index in [1.807, 2.05) is 32.0 Å². The molecular weight excluding hydrogens is 194 g/mol. The molecule has 0 unspecified atom stereocenters. The van der Waals surface area contributed by atoms with E-state index >= 15 is 0 Å². The van der Waals surface area contributed by atoms with E-state index in [1.54, 1.807) is 0 Å². The molecule has 0 bridgehead atoms. The molecule has 0 saturated heterocycles. The third-order valence-corrected chi connectivity index (χ3v) is 3.21. The fraction of sp³-hybridized carbons (Fsp3) is 0.533. The zero-order chi connectivity index (χ0) is 11.9. The van der Waals surface area contributed by atoms with E-state index in [4.69, 9.17) is 6.57 Å². The smallest absolute Gasteiger partial charge is 0.257 e. The molecule has 1 aromatic rings. The highest BCUT2D eigenvalue weighted by molar-refractivity contribution is 5.28. The lowest BCUT2D eigenvalue weighted by Gasteiger charge is -2.26. The van der Waals surface area contributed by atoms with Crippen LogP contribution in [0.5, 0.6) is 0 Å². The monoisotopic (exact) mass is 215 g/mol. The fourth-order valence-corrected chi connectivity index (χ4v) is 2.35. The molecule has 0 aliphatic heterocycles. The molecule has 1 aromatic carbocycles. The van der Waals surface area contributed by atoms with Crippen molar-refractivity contribution in [2.45, 2.75) is 51.5 Å². The van der Waals surface area contributed by atoms with Crippen LogP contribution in [0.3, 0.4) is 0 Å². The standard InChI is InChI=1S/C13H15N.C2H6/c1-14-13(10-6-3-7-11-13)12-8-4-2-5-9-12;1-2/h2,4-5,8-9H,3,6-7,10-11H2;1-2H3. The SMILES string of the molecule is CC.[C-]#[N+]C1(c2ccccc2)CCCCC1. The maximum absolute atomic E-state index is 7.41. The first-order valence-corrected chi connectivity index (χ1v) is 6.32. The van der Waals surface area contributed by atoms with E-state index in [0.717, 1.165) is 12.8 Å². The summed E-state index contributed by atoms with van der Waals surface area (Å²) in [6, 6.07) is 10.3. The molecule has 1 heteroatoms. The van der Waals surface area contributed by atoms with Crippen LogP contribution in [-0.2, 0) is 5.54 Å². The molecule has 16 heavy (non-hydrogen) atoms. The Balaban J connectivity index is 0.000000606. The van der Waals surface area contributed by atoms with Crippen molar-refractivity contribution in [1.82, 2.24) is 0 Å². The van der Waals surface area contributed by atoms with E-state index < -0.39 is 0 Å². The molecule has 0 spiro atoms. The van der Waals surface area contributed by atoms with E-state index in [-0.39, 0.29) is 5.54 Å². The molecule has 1 aliphatic rings. The Hall–Kier alpha value is -1.29. The molecule has 0 N–H and O–H groups in total. The minimum absolute atomic E-state index is 0.195. The lowest BCUT2D eigenvalue weighted by Crippen LogP contribution is -2.24. The molecule has 86 valence electrons. The average molecular weight is 215 g/mol. The molecule has 0 heterocycles. The Kier molecular flexibility index (Phi) is 5.05. The summed E-state index contributed by atoms with van der Waals surface area (Å²) in [6.07, 6.45) is 5.79. The van der Waals surface area contributed by atoms with Gasteiger partial charge in [0.15, 0.2) is 0 Å². The lowest BCUT2D eigenvalue weighted by atomic mass is 9.77. The van der Waals surface area contributed by atoms with Crippen molar-refractivity contribution in [1.29, 1.82) is 0 Å². The number of hydrogen-bond acceptors (Lipinski definition) is 0. The van der Waals surface area contributed by atoms with Crippen molar-refractivity contribution in [3.63, 3.8) is 0 Å². The van der Waals surface area contributed by atoms with Gasteiger partial charge in [-0.2, -0.15) is 0 Å². The summed E-state index contributed by atoms with van der Waals surface area (Å²) in [4.78, 5) is 3.90. The van der Waals surface area contributed by atoms with Gasteiger partial charge in [0.2, 0.25) is 0 Å². The molecule has 1 aliphatic carbocycles. The summed E-state index contributed by atoms with van der Waals surface area (Å²) in [6.45, 7) is 11.4. The van der Waals surface area contributed by atoms with Crippen LogP contribution >= 0.6 is 0 Å². The molecule has 0 atom stereocenters. The fourth-order valence-electron chi connectivity index (χ4n) is 2.35. The van der Waals surface area contributed by atoms with Gasteiger partial charge >= 0.3 is 0 Å². The zero-order valence-electron chi connectivity index (χ0n) is 10.4. The quantitative estimate of drug-likeness (QED) is 0.593. The van der Waals surface area contributed by atoms with Gasteiger partial charge in [0.05, 0.1) is 0 Å². The number of rotatable bonds is 1. The van der Waals surface area contributed by atoms with Crippen molar-refractivity contribution in [3.05, 3.63) is 47.3 Å². The van der Waals surface area contributed by atoms with Crippen LogP contribution in [-0.4, -0.2) is 0 Å². The van der Waals surface area contributed by atoms with Gasteiger partial charge in [-0.25, -0.2) is 6.57 Å². The van der Waals surface area contributed by atoms with Gasteiger partial charge in [-0.05, 0) is 12.8 Å². The molecule has 1 fully saturated rings. The van der Waals surface area contributed by atoms with Crippen LogP contribution in [0, 0.1) is 6.57 Å². The van der Waals surface area contributed by atoms with Crippen LogP contribution in [0.15, 0.2) is 30.3 Å². The largest absolute Gasteiger partial charge is 0.305 e. The third-order valence-electron chi connectivity index (χ3n) is 3.21. The predicted molar refractivity (Wildman–Crippen MR) is 69.2 cm³/mol. The van der Waals surface area contributed by atoms with Gasteiger partial charge in [-0.15, -0.1) is 0 Å². The minimum Gasteiger partial charge on any atom is -0.305 e. The Morgan fingerprint density at radius 3 is 2.06 bits per heavy atom. The van der Waals surface area contributed by atoms with Crippen molar-refractivity contribution in [3.8, 4) is 0 Å². The maximum atomic E-state index is 7.41. The van der Waals surface area contributed by atoms with Crippen molar-refractivity contribution < 1.29 is 0 Å². The molecule has 2 rings (SSSR count). The highest BCUT2D eigenvalue weighted by Crippen LogP contribution is 2.40. The van der Waals surface area contributed by atoms with Gasteiger partial charge in [0.25, 0.3) is 5.54 Å². The van der Waals surface area contributed by atoms with Gasteiger partial charge in [0, 0.05) is 18.4 Å². The van der Waals surface area contributed by atoms with Crippen LogP contribution in [0.25, 0.3) is 4.85 Å². The Morgan fingerprint density at radius 2 is 1.56 bits per heavy atom. The van der Waals surface area contributed by atoms with Gasteiger partial charge in [0.1, 0.15) is 0 Å². The molecule has 0 aromatic heterocycles. The average Bonchev–Trinajstić information content (AvgIpc) is 2.43. The number of hydrogen-bond donors (Lipinski definition) is 0. The first-order valence-electron chi connectivity index (χ1n) is 6.32. The van der Waals surface area contributed by atoms with Gasteiger partial charge < -0.3 is 4.85 Å². The summed E-state index contributed by atoms with van der Waals surface area (Å²) < 4.78 is 0. The second kappa shape index (κ2) is 6.33. The highest BCUT2D eigenvalue weighted by Gasteiger charge is 2.39. The first-order chi connectivity index (χ1) is 7.87. The number of benzene rings is 1. The van der Waals surface area contributed by atoms with Crippen molar-refractivity contribution in [2.75, 3.05) is 0 Å². The van der Waals surface area contributed by atoms with E-state index in [0.29, 0.717) is 0 Å². The van der Waals surface area contributed by atoms with Crippen LogP contribution in [0.1, 0.15) is 51.5 Å². The lowest BCUT2D eigenvalue weighted by molar-refractivity contribution is 0.354. The van der Waals surface area contributed by atoms with E-state index in [1.165, 1.54) is 24.8 Å². The summed E-state index contributed by atoms with van der Waals surface area (Å²) in [5.74, 6) is 0. The second-order valence-corrected chi connectivity index (χ2v) is 4.07. The topological polar surface area (TPSA) is 4.36 Å². The molecule has 1 nitrogen and oxygen atoms in total. The molecule has 0 radical (unpaired) electrons. The van der Waals surface area contributed by atoms with Crippen LogP contribution in [0.4, 0.5) is 0 Å². The van der Waals surface area contributed by atoms with Gasteiger partial charge in [-0.3, -0.25) is 0 Å². The van der Waals surface area contributed by atoms with Crippen molar-refractivity contribution in [2.24, 2.45) is 0 Å². The van der Waals surface area contributed by atoms with Crippen LogP contribution < -0.4 is 0 Å². The Morgan fingerprint density at radius 1 is 1.00 bits per heavy atom. The zero-order valence-corrected chi connectivity index (χ0v) is 10.4. The summed E-state index contributed by atoms with van der Waals surface area (Å²) in [7, 11) is 0. The normalized spacial score (nSPS) is 17.8. The molecule has 1 saturated carbocycles. The highest BCUT2D eigenvalue weighted by atomic mass is 14.8. The van der Waals surface area contributed by atoms with E-state index in [9.17, 15) is 0 Å². The molecular formula is C15H21N. The van der Waals surface area contributed by atoms with Crippen LogP contribution in [0.2, 0.25) is 0 Å². The second-order valence-electron chi connectivity index (χ2n) is 4.07. The Bertz CT molecular complexity index is 328.